The maximum absolute atomic E-state index is 15.0. The molecule has 0 bridgehead atoms. The first-order valence-electron chi connectivity index (χ1n) is 10.5. The van der Waals surface area contributed by atoms with Crippen molar-refractivity contribution in [2.75, 3.05) is 49.1 Å². The van der Waals surface area contributed by atoms with E-state index in [0.717, 1.165) is 12.8 Å². The molecule has 2 N–H and O–H groups in total. The molecule has 9 nitrogen and oxygen atoms in total. The average molecular weight is 434 g/mol. The van der Waals surface area contributed by atoms with Gasteiger partial charge in [-0.2, -0.15) is 0 Å². The van der Waals surface area contributed by atoms with Gasteiger partial charge in [-0.25, -0.2) is 9.18 Å². The number of rotatable bonds is 5. The standard InChI is InChI=1S/C21H27FN4O5/c1-13(28)23-8-16-10-26(21(30)31-16)15-4-5-18(17(22)7-15)24-9-14-3-2-6-25(19(14)11-24)20(29)12-27/h4-5,7,14,16,19,27H,2-3,6,8-12H2,1H3,(H,23,28)/t14?,16?,19-/m1/s1. The minimum absolute atomic E-state index is 0.0319. The molecule has 168 valence electrons. The van der Waals surface area contributed by atoms with E-state index in [0.29, 0.717) is 31.0 Å². The predicted octanol–water partition coefficient (Wildman–Crippen LogP) is 0.706. The molecule has 3 fully saturated rings. The van der Waals surface area contributed by atoms with Crippen LogP contribution < -0.4 is 15.1 Å². The number of amides is 3. The van der Waals surface area contributed by atoms with Gasteiger partial charge in [-0.1, -0.05) is 0 Å². The van der Waals surface area contributed by atoms with Gasteiger partial charge in [0.25, 0.3) is 0 Å². The molecule has 0 radical (unpaired) electrons. The second-order valence-electron chi connectivity index (χ2n) is 8.31. The Balaban J connectivity index is 1.45. The minimum atomic E-state index is -0.576. The Morgan fingerprint density at radius 3 is 2.81 bits per heavy atom. The van der Waals surface area contributed by atoms with E-state index in [1.165, 1.54) is 17.9 Å². The smallest absolute Gasteiger partial charge is 0.414 e. The summed E-state index contributed by atoms with van der Waals surface area (Å²) in [6.07, 6.45) is 0.772. The number of carbonyl (C=O) groups is 3. The SMILES string of the molecule is CC(=O)NCC1CN(c2ccc(N3CC4CCCN(C(=O)CO)[C@@H]4C3)c(F)c2)C(=O)O1. The fourth-order valence-corrected chi connectivity index (χ4v) is 4.79. The molecule has 2 unspecified atom stereocenters. The molecule has 0 aromatic heterocycles. The predicted molar refractivity (Wildman–Crippen MR) is 110 cm³/mol. The molecular formula is C21H27FN4O5. The van der Waals surface area contributed by atoms with E-state index in [4.69, 9.17) is 4.74 Å². The van der Waals surface area contributed by atoms with Crippen LogP contribution in [0.15, 0.2) is 18.2 Å². The third-order valence-electron chi connectivity index (χ3n) is 6.27. The quantitative estimate of drug-likeness (QED) is 0.708. The number of nitrogens with zero attached hydrogens (tertiary/aromatic N) is 3. The van der Waals surface area contributed by atoms with Crippen LogP contribution in [0.4, 0.5) is 20.6 Å². The maximum Gasteiger partial charge on any atom is 0.414 e. The highest BCUT2D eigenvalue weighted by Crippen LogP contribution is 2.36. The molecule has 1 aromatic carbocycles. The number of benzene rings is 1. The van der Waals surface area contributed by atoms with Crippen LogP contribution in [0.5, 0.6) is 0 Å². The summed E-state index contributed by atoms with van der Waals surface area (Å²) in [4.78, 5) is 40.3. The molecule has 4 rings (SSSR count). The number of nitrogens with one attached hydrogen (secondary N) is 1. The summed E-state index contributed by atoms with van der Waals surface area (Å²) in [7, 11) is 0. The normalized spacial score (nSPS) is 25.5. The van der Waals surface area contributed by atoms with Crippen LogP contribution in [-0.2, 0) is 14.3 Å². The van der Waals surface area contributed by atoms with Gasteiger partial charge in [0.15, 0.2) is 0 Å². The van der Waals surface area contributed by atoms with Gasteiger partial charge < -0.3 is 25.0 Å². The van der Waals surface area contributed by atoms with Crippen molar-refractivity contribution in [2.45, 2.75) is 31.9 Å². The van der Waals surface area contributed by atoms with E-state index in [1.54, 1.807) is 17.0 Å². The van der Waals surface area contributed by atoms with Gasteiger partial charge in [0.2, 0.25) is 11.8 Å². The van der Waals surface area contributed by atoms with E-state index in [-0.39, 0.29) is 36.9 Å². The summed E-state index contributed by atoms with van der Waals surface area (Å²) in [6, 6.07) is 4.61. The number of aliphatic hydroxyl groups is 1. The number of anilines is 2. The molecule has 3 aliphatic rings. The molecule has 3 heterocycles. The van der Waals surface area contributed by atoms with Crippen LogP contribution >= 0.6 is 0 Å². The van der Waals surface area contributed by atoms with Crippen molar-refractivity contribution >= 4 is 29.3 Å². The summed E-state index contributed by atoms with van der Waals surface area (Å²) in [6.45, 7) is 3.07. The number of hydrogen-bond donors (Lipinski definition) is 2. The van der Waals surface area contributed by atoms with Crippen LogP contribution in [0.1, 0.15) is 19.8 Å². The van der Waals surface area contributed by atoms with Crippen LogP contribution in [0.25, 0.3) is 0 Å². The molecule has 3 aliphatic heterocycles. The van der Waals surface area contributed by atoms with Gasteiger partial charge in [-0.3, -0.25) is 14.5 Å². The zero-order chi connectivity index (χ0) is 22.1. The van der Waals surface area contributed by atoms with Crippen LogP contribution in [0, 0.1) is 11.7 Å². The first-order chi connectivity index (χ1) is 14.9. The van der Waals surface area contributed by atoms with Gasteiger partial charge in [0.05, 0.1) is 30.5 Å². The van der Waals surface area contributed by atoms with Crippen LogP contribution in [-0.4, -0.2) is 79.4 Å². The lowest BCUT2D eigenvalue weighted by molar-refractivity contribution is -0.138. The lowest BCUT2D eigenvalue weighted by atomic mass is 9.92. The first-order valence-corrected chi connectivity index (χ1v) is 10.5. The third-order valence-corrected chi connectivity index (χ3v) is 6.27. The molecule has 0 aliphatic carbocycles. The monoisotopic (exact) mass is 434 g/mol. The Labute approximate surface area is 179 Å². The molecule has 31 heavy (non-hydrogen) atoms. The van der Waals surface area contributed by atoms with Crippen molar-refractivity contribution in [3.8, 4) is 0 Å². The number of hydrogen-bond acceptors (Lipinski definition) is 6. The number of cyclic esters (lactones) is 1. The van der Waals surface area contributed by atoms with Crippen molar-refractivity contribution in [1.29, 1.82) is 0 Å². The van der Waals surface area contributed by atoms with Crippen LogP contribution in [0.2, 0.25) is 0 Å². The summed E-state index contributed by atoms with van der Waals surface area (Å²) in [5.41, 5.74) is 0.821. The van der Waals surface area contributed by atoms with Gasteiger partial charge in [-0.05, 0) is 37.0 Å². The maximum atomic E-state index is 15.0. The lowest BCUT2D eigenvalue weighted by Gasteiger charge is -2.36. The average Bonchev–Trinajstić information content (AvgIpc) is 3.34. The Hall–Kier alpha value is -2.88. The molecule has 10 heteroatoms. The van der Waals surface area contributed by atoms with Crippen molar-refractivity contribution in [3.63, 3.8) is 0 Å². The fraction of sp³-hybridized carbons (Fsp3) is 0.571. The number of likely N-dealkylation sites (tertiary alicyclic amines) is 1. The zero-order valence-electron chi connectivity index (χ0n) is 17.4. The van der Waals surface area contributed by atoms with E-state index >= 15 is 4.39 Å². The van der Waals surface area contributed by atoms with Gasteiger partial charge in [0, 0.05) is 26.6 Å². The van der Waals surface area contributed by atoms with Gasteiger partial charge in [0.1, 0.15) is 18.5 Å². The molecule has 3 saturated heterocycles. The number of halogens is 1. The van der Waals surface area contributed by atoms with E-state index in [9.17, 15) is 19.5 Å². The van der Waals surface area contributed by atoms with Crippen molar-refractivity contribution < 1.29 is 28.6 Å². The largest absolute Gasteiger partial charge is 0.442 e. The van der Waals surface area contributed by atoms with E-state index < -0.39 is 24.6 Å². The fourth-order valence-electron chi connectivity index (χ4n) is 4.79. The number of piperidine rings is 1. The number of ether oxygens (including phenoxy) is 1. The summed E-state index contributed by atoms with van der Waals surface area (Å²) in [5, 5.41) is 11.9. The van der Waals surface area contributed by atoms with E-state index in [2.05, 4.69) is 5.32 Å². The highest BCUT2D eigenvalue weighted by atomic mass is 19.1. The van der Waals surface area contributed by atoms with Crippen molar-refractivity contribution in [3.05, 3.63) is 24.0 Å². The molecule has 3 atom stereocenters. The molecule has 3 amide bonds. The summed E-state index contributed by atoms with van der Waals surface area (Å²) < 4.78 is 20.3. The summed E-state index contributed by atoms with van der Waals surface area (Å²) in [5.74, 6) is -0.704. The molecule has 0 saturated carbocycles. The second kappa shape index (κ2) is 8.70. The van der Waals surface area contributed by atoms with Crippen molar-refractivity contribution in [2.24, 2.45) is 5.92 Å². The van der Waals surface area contributed by atoms with Gasteiger partial charge in [-0.15, -0.1) is 0 Å². The minimum Gasteiger partial charge on any atom is -0.442 e. The summed E-state index contributed by atoms with van der Waals surface area (Å²) >= 11 is 0. The Morgan fingerprint density at radius 1 is 1.29 bits per heavy atom. The molecule has 0 spiro atoms. The number of carbonyl (C=O) groups excluding carboxylic acids is 3. The topological polar surface area (TPSA) is 102 Å². The van der Waals surface area contributed by atoms with E-state index in [1.807, 2.05) is 4.90 Å². The second-order valence-corrected chi connectivity index (χ2v) is 8.31. The number of fused-ring (bicyclic) bond motifs is 1. The highest BCUT2D eigenvalue weighted by molar-refractivity contribution is 5.90. The highest BCUT2D eigenvalue weighted by Gasteiger charge is 2.41. The zero-order valence-corrected chi connectivity index (χ0v) is 17.4. The van der Waals surface area contributed by atoms with Crippen LogP contribution in [0.3, 0.4) is 0 Å². The van der Waals surface area contributed by atoms with Crippen molar-refractivity contribution in [1.82, 2.24) is 10.2 Å². The Kier molecular flexibility index (Phi) is 5.99. The first kappa shape index (κ1) is 21.4. The Morgan fingerprint density at radius 2 is 2.10 bits per heavy atom. The van der Waals surface area contributed by atoms with Gasteiger partial charge >= 0.3 is 6.09 Å². The Bertz CT molecular complexity index is 881. The molecular weight excluding hydrogens is 407 g/mol. The third kappa shape index (κ3) is 4.30. The lowest BCUT2D eigenvalue weighted by Crippen LogP contribution is -2.49. The number of aliphatic hydroxyl groups excluding tert-OH is 1. The molecule has 1 aromatic rings.